The highest BCUT2D eigenvalue weighted by Crippen LogP contribution is 2.46. The van der Waals surface area contributed by atoms with Crippen LogP contribution in [-0.4, -0.2) is 83.7 Å². The highest BCUT2D eigenvalue weighted by Gasteiger charge is 2.62. The van der Waals surface area contributed by atoms with Crippen molar-refractivity contribution in [2.24, 2.45) is 11.8 Å². The van der Waals surface area contributed by atoms with Crippen LogP contribution >= 0.6 is 0 Å². The Morgan fingerprint density at radius 2 is 1.75 bits per heavy atom. The number of para-hydroxylation sites is 1. The third-order valence-corrected chi connectivity index (χ3v) is 13.3. The zero-order valence-corrected chi connectivity index (χ0v) is 32.2. The number of aromatic nitrogens is 1. The zero-order chi connectivity index (χ0) is 40.4. The number of pyridine rings is 1. The second kappa shape index (κ2) is 14.6. The van der Waals surface area contributed by atoms with E-state index in [0.29, 0.717) is 42.2 Å². The number of likely N-dealkylation sites (tertiary alicyclic amines) is 1. The molecule has 2 aromatic carbocycles. The fourth-order valence-corrected chi connectivity index (χ4v) is 9.40. The van der Waals surface area contributed by atoms with Crippen molar-refractivity contribution in [3.05, 3.63) is 60.7 Å². The summed E-state index contributed by atoms with van der Waals surface area (Å²) < 4.78 is 75.3. The van der Waals surface area contributed by atoms with Crippen molar-refractivity contribution < 1.29 is 50.3 Å². The number of rotatable bonds is 12. The van der Waals surface area contributed by atoms with Crippen LogP contribution in [0.25, 0.3) is 33.0 Å². The SMILES string of the molecule is C=C[C@@H]1C[C@]1(NC(=O)[C@@H]1C[C@@H](Oc2c3cc(F)c(F)cc3nc3c2oc2ccccc23)CN1C(=O)[C@@H](NC(=O)OC1CCCC1)C(C)C)C(=O)NS(=O)(=O)C1CC1. The van der Waals surface area contributed by atoms with Gasteiger partial charge in [0.1, 0.15) is 40.9 Å². The fraction of sp³-hybridized carbons (Fsp3) is 0.475. The lowest BCUT2D eigenvalue weighted by atomic mass is 10.0. The van der Waals surface area contributed by atoms with E-state index >= 15 is 0 Å². The Kier molecular flexibility index (Phi) is 9.85. The number of benzene rings is 2. The monoisotopic (exact) mass is 807 g/mol. The van der Waals surface area contributed by atoms with Crippen LogP contribution in [0.4, 0.5) is 13.6 Å². The molecule has 17 heteroatoms. The minimum Gasteiger partial charge on any atom is -0.484 e. The number of ether oxygens (including phenoxy) is 2. The first-order valence-corrected chi connectivity index (χ1v) is 20.8. The molecule has 302 valence electrons. The second-order valence-corrected chi connectivity index (χ2v) is 17.8. The molecule has 4 amide bonds. The summed E-state index contributed by atoms with van der Waals surface area (Å²) in [6.45, 7) is 6.99. The van der Waals surface area contributed by atoms with Crippen molar-refractivity contribution in [3.63, 3.8) is 0 Å². The summed E-state index contributed by atoms with van der Waals surface area (Å²) in [5.74, 6) is -5.63. The summed E-state index contributed by atoms with van der Waals surface area (Å²) in [5, 5.41) is 5.41. The smallest absolute Gasteiger partial charge is 0.408 e. The molecule has 3 aliphatic carbocycles. The van der Waals surface area contributed by atoms with Gasteiger partial charge in [0, 0.05) is 29.2 Å². The number of carbonyl (C=O) groups excluding carboxylic acids is 4. The van der Waals surface area contributed by atoms with E-state index in [9.17, 15) is 36.4 Å². The first-order valence-electron chi connectivity index (χ1n) is 19.2. The molecule has 0 spiro atoms. The Morgan fingerprint density at radius 1 is 1.04 bits per heavy atom. The molecule has 3 heterocycles. The average Bonchev–Trinajstić information content (AvgIpc) is 3.99. The fourth-order valence-electron chi connectivity index (χ4n) is 8.04. The normalized spacial score (nSPS) is 24.2. The van der Waals surface area contributed by atoms with Crippen molar-refractivity contribution in [1.29, 1.82) is 0 Å². The molecule has 57 heavy (non-hydrogen) atoms. The average molecular weight is 808 g/mol. The van der Waals surface area contributed by atoms with E-state index in [4.69, 9.17) is 13.9 Å². The van der Waals surface area contributed by atoms with Gasteiger partial charge < -0.3 is 29.4 Å². The molecule has 4 aliphatic rings. The first kappa shape index (κ1) is 38.5. The van der Waals surface area contributed by atoms with Crippen LogP contribution < -0.4 is 20.1 Å². The predicted molar refractivity (Wildman–Crippen MR) is 203 cm³/mol. The van der Waals surface area contributed by atoms with Crippen molar-refractivity contribution in [1.82, 2.24) is 25.2 Å². The van der Waals surface area contributed by atoms with Crippen LogP contribution in [-0.2, 0) is 29.1 Å². The number of furan rings is 1. The van der Waals surface area contributed by atoms with Gasteiger partial charge in [-0.25, -0.2) is 27.0 Å². The lowest BCUT2D eigenvalue weighted by Gasteiger charge is -2.31. The number of hydrogen-bond acceptors (Lipinski definition) is 10. The zero-order valence-electron chi connectivity index (χ0n) is 31.4. The van der Waals surface area contributed by atoms with Gasteiger partial charge in [-0.3, -0.25) is 19.1 Å². The maximum atomic E-state index is 14.8. The molecule has 8 rings (SSSR count). The topological polar surface area (TPSA) is 186 Å². The molecule has 0 bridgehead atoms. The Labute approximate surface area is 326 Å². The number of hydrogen-bond donors (Lipinski definition) is 3. The Bertz CT molecular complexity index is 2430. The van der Waals surface area contributed by atoms with E-state index in [0.717, 1.165) is 25.0 Å². The Balaban J connectivity index is 1.13. The molecule has 1 saturated heterocycles. The predicted octanol–water partition coefficient (Wildman–Crippen LogP) is 5.12. The Hall–Kier alpha value is -5.32. The molecule has 1 aliphatic heterocycles. The van der Waals surface area contributed by atoms with Gasteiger partial charge in [-0.15, -0.1) is 6.58 Å². The molecule has 3 saturated carbocycles. The van der Waals surface area contributed by atoms with Crippen LogP contribution in [0, 0.1) is 23.5 Å². The quantitative estimate of drug-likeness (QED) is 0.162. The summed E-state index contributed by atoms with van der Waals surface area (Å²) in [7, 11) is -3.96. The number of amides is 4. The van der Waals surface area contributed by atoms with Crippen LogP contribution in [0.15, 0.2) is 53.5 Å². The third kappa shape index (κ3) is 7.25. The highest BCUT2D eigenvalue weighted by molar-refractivity contribution is 7.91. The third-order valence-electron chi connectivity index (χ3n) is 11.5. The number of sulfonamides is 1. The van der Waals surface area contributed by atoms with Crippen molar-refractivity contribution in [2.45, 2.75) is 100 Å². The number of nitrogens with zero attached hydrogens (tertiary/aromatic N) is 2. The summed E-state index contributed by atoms with van der Waals surface area (Å²) in [6, 6.07) is 6.44. The van der Waals surface area contributed by atoms with Crippen LogP contribution in [0.1, 0.15) is 65.2 Å². The lowest BCUT2D eigenvalue weighted by Crippen LogP contribution is -2.59. The maximum absolute atomic E-state index is 14.8. The van der Waals surface area contributed by atoms with E-state index in [2.05, 4.69) is 26.9 Å². The van der Waals surface area contributed by atoms with Crippen molar-refractivity contribution in [2.75, 3.05) is 6.54 Å². The second-order valence-electron chi connectivity index (χ2n) is 15.8. The number of nitrogens with one attached hydrogen (secondary N) is 3. The van der Waals surface area contributed by atoms with Crippen LogP contribution in [0.5, 0.6) is 5.75 Å². The van der Waals surface area contributed by atoms with Gasteiger partial charge in [0.15, 0.2) is 23.0 Å². The van der Waals surface area contributed by atoms with E-state index < -0.39 is 86.3 Å². The summed E-state index contributed by atoms with van der Waals surface area (Å²) >= 11 is 0. The Morgan fingerprint density at radius 3 is 2.44 bits per heavy atom. The number of fused-ring (bicyclic) bond motifs is 4. The van der Waals surface area contributed by atoms with Crippen LogP contribution in [0.3, 0.4) is 0 Å². The molecule has 3 N–H and O–H groups in total. The van der Waals surface area contributed by atoms with E-state index in [-0.39, 0.29) is 47.7 Å². The largest absolute Gasteiger partial charge is 0.484 e. The van der Waals surface area contributed by atoms with Gasteiger partial charge >= 0.3 is 6.09 Å². The van der Waals surface area contributed by atoms with Crippen LogP contribution in [0.2, 0.25) is 0 Å². The number of alkyl carbamates (subject to hydrolysis) is 1. The maximum Gasteiger partial charge on any atom is 0.408 e. The number of carbonyl (C=O) groups is 4. The minimum atomic E-state index is -3.96. The standard InChI is InChI=1S/C40H43F2N5O9S/c1-4-21-18-40(21,38(50)46-57(52,53)24-13-14-24)45-36(48)30-15-23(19-47(30)37(49)32(20(2)3)44-39(51)55-22-9-5-6-10-22)54-34-26-16-27(41)28(42)17-29(26)43-33-25-11-7-8-12-31(25)56-35(33)34/h4,7-8,11-12,16-17,20-24,30,32H,1,5-6,9-10,13-15,18-19H2,2-3H3,(H,44,51)(H,45,48)(H,46,50)/t21-,23-,30+,32+,40-/m1/s1. The summed E-state index contributed by atoms with van der Waals surface area (Å²) in [6.07, 6.45) is 3.47. The van der Waals surface area contributed by atoms with Gasteiger partial charge in [0.25, 0.3) is 5.91 Å². The molecular weight excluding hydrogens is 765 g/mol. The molecule has 0 unspecified atom stereocenters. The molecule has 14 nitrogen and oxygen atoms in total. The molecule has 5 atom stereocenters. The number of halogens is 2. The molecule has 4 fully saturated rings. The van der Waals surface area contributed by atoms with E-state index in [1.165, 1.54) is 11.0 Å². The van der Waals surface area contributed by atoms with Gasteiger partial charge in [0.05, 0.1) is 17.3 Å². The molecular formula is C40H43F2N5O9S. The van der Waals surface area contributed by atoms with Gasteiger partial charge in [-0.05, 0) is 69.1 Å². The van der Waals surface area contributed by atoms with Gasteiger partial charge in [-0.1, -0.05) is 32.1 Å². The summed E-state index contributed by atoms with van der Waals surface area (Å²) in [5.41, 5.74) is -0.672. The van der Waals surface area contributed by atoms with Crippen molar-refractivity contribution >= 4 is 66.8 Å². The minimum absolute atomic E-state index is 0.0114. The molecule has 0 radical (unpaired) electrons. The summed E-state index contributed by atoms with van der Waals surface area (Å²) in [4.78, 5) is 61.4. The van der Waals surface area contributed by atoms with Gasteiger partial charge in [-0.2, -0.15) is 0 Å². The van der Waals surface area contributed by atoms with E-state index in [1.54, 1.807) is 38.1 Å². The van der Waals surface area contributed by atoms with Gasteiger partial charge in [0.2, 0.25) is 21.8 Å². The van der Waals surface area contributed by atoms with E-state index in [1.807, 2.05) is 0 Å². The van der Waals surface area contributed by atoms with Crippen molar-refractivity contribution in [3.8, 4) is 5.75 Å². The molecule has 2 aromatic heterocycles. The lowest BCUT2D eigenvalue weighted by molar-refractivity contribution is -0.141. The first-order chi connectivity index (χ1) is 27.2. The highest BCUT2D eigenvalue weighted by atomic mass is 32.2. The molecule has 4 aromatic rings.